The lowest BCUT2D eigenvalue weighted by atomic mass is 10.4. The maximum absolute atomic E-state index is 10.7. The third-order valence-electron chi connectivity index (χ3n) is 1.91. The van der Waals surface area contributed by atoms with Crippen molar-refractivity contribution in [3.05, 3.63) is 18.1 Å². The van der Waals surface area contributed by atoms with E-state index in [1.54, 1.807) is 7.11 Å². The van der Waals surface area contributed by atoms with Gasteiger partial charge in [-0.1, -0.05) is 0 Å². The molecule has 0 saturated carbocycles. The molecule has 6 nitrogen and oxygen atoms in total. The third-order valence-corrected chi connectivity index (χ3v) is 1.91. The van der Waals surface area contributed by atoms with Crippen molar-refractivity contribution in [2.45, 2.75) is 0 Å². The van der Waals surface area contributed by atoms with Gasteiger partial charge in [0, 0.05) is 20.7 Å². The number of nitrogens with zero attached hydrogens (tertiary/aromatic N) is 3. The van der Waals surface area contributed by atoms with E-state index >= 15 is 0 Å². The summed E-state index contributed by atoms with van der Waals surface area (Å²) in [5.41, 5.74) is 5.21. The molecule has 2 N–H and O–H groups in total. The zero-order valence-electron chi connectivity index (χ0n) is 8.80. The summed E-state index contributed by atoms with van der Waals surface area (Å²) < 4.78 is 4.93. The smallest absolute Gasteiger partial charge is 0.268 e. The molecule has 0 aromatic carbocycles. The number of methoxy groups -OCH3 is 1. The van der Waals surface area contributed by atoms with Gasteiger partial charge < -0.3 is 15.4 Å². The summed E-state index contributed by atoms with van der Waals surface area (Å²) in [7, 11) is 3.50. The fourth-order valence-corrected chi connectivity index (χ4v) is 0.988. The average molecular weight is 210 g/mol. The van der Waals surface area contributed by atoms with Crippen LogP contribution in [0.2, 0.25) is 0 Å². The van der Waals surface area contributed by atoms with E-state index in [0.717, 1.165) is 0 Å². The highest BCUT2D eigenvalue weighted by atomic mass is 16.5. The maximum atomic E-state index is 10.7. The minimum absolute atomic E-state index is 0.166. The lowest BCUT2D eigenvalue weighted by molar-refractivity contribution is 0.0995. The van der Waals surface area contributed by atoms with Gasteiger partial charge in [-0.3, -0.25) is 4.79 Å². The quantitative estimate of drug-likeness (QED) is 0.719. The topological polar surface area (TPSA) is 81.3 Å². The molecular weight excluding hydrogens is 196 g/mol. The summed E-state index contributed by atoms with van der Waals surface area (Å²) in [5.74, 6) is 0.102. The van der Waals surface area contributed by atoms with E-state index in [0.29, 0.717) is 19.0 Å². The number of nitrogens with two attached hydrogens (primary N) is 1. The molecular formula is C9H14N4O2. The first-order valence-electron chi connectivity index (χ1n) is 4.47. The monoisotopic (exact) mass is 210 g/mol. The first kappa shape index (κ1) is 11.4. The Morgan fingerprint density at radius 3 is 2.73 bits per heavy atom. The molecule has 0 aliphatic rings. The van der Waals surface area contributed by atoms with Gasteiger partial charge in [0.1, 0.15) is 11.5 Å². The second kappa shape index (κ2) is 5.26. The number of anilines is 1. The molecule has 0 radical (unpaired) electrons. The van der Waals surface area contributed by atoms with Crippen molar-refractivity contribution in [2.24, 2.45) is 5.73 Å². The molecule has 0 bridgehead atoms. The van der Waals surface area contributed by atoms with E-state index in [1.807, 2.05) is 11.9 Å². The SMILES string of the molecule is COCCN(C)c1cnc(C(N)=O)cn1. The lowest BCUT2D eigenvalue weighted by Gasteiger charge is -2.16. The Bertz CT molecular complexity index is 325. The summed E-state index contributed by atoms with van der Waals surface area (Å²) in [6, 6.07) is 0. The van der Waals surface area contributed by atoms with E-state index in [2.05, 4.69) is 9.97 Å². The number of primary amides is 1. The molecule has 15 heavy (non-hydrogen) atoms. The molecule has 1 amide bonds. The van der Waals surface area contributed by atoms with Crippen LogP contribution < -0.4 is 10.6 Å². The van der Waals surface area contributed by atoms with Crippen LogP contribution in [0.5, 0.6) is 0 Å². The number of likely N-dealkylation sites (N-methyl/N-ethyl adjacent to an activating group) is 1. The summed E-state index contributed by atoms with van der Waals surface area (Å²) in [5, 5.41) is 0. The maximum Gasteiger partial charge on any atom is 0.268 e. The first-order valence-corrected chi connectivity index (χ1v) is 4.47. The van der Waals surface area contributed by atoms with Crippen molar-refractivity contribution < 1.29 is 9.53 Å². The number of hydrogen-bond donors (Lipinski definition) is 1. The predicted molar refractivity (Wildman–Crippen MR) is 55.7 cm³/mol. The average Bonchev–Trinajstić information content (AvgIpc) is 2.26. The van der Waals surface area contributed by atoms with Gasteiger partial charge in [-0.05, 0) is 0 Å². The number of amides is 1. The van der Waals surface area contributed by atoms with Gasteiger partial charge in [-0.15, -0.1) is 0 Å². The molecule has 0 aliphatic heterocycles. The van der Waals surface area contributed by atoms with Gasteiger partial charge in [0.05, 0.1) is 19.0 Å². The van der Waals surface area contributed by atoms with Crippen molar-refractivity contribution in [1.82, 2.24) is 9.97 Å². The Hall–Kier alpha value is -1.69. The van der Waals surface area contributed by atoms with Gasteiger partial charge in [0.25, 0.3) is 5.91 Å². The van der Waals surface area contributed by atoms with Crippen LogP contribution in [0.3, 0.4) is 0 Å². The molecule has 82 valence electrons. The van der Waals surface area contributed by atoms with Crippen LogP contribution in [0.15, 0.2) is 12.4 Å². The van der Waals surface area contributed by atoms with Crippen molar-refractivity contribution in [2.75, 3.05) is 32.2 Å². The Labute approximate surface area is 88.1 Å². The fraction of sp³-hybridized carbons (Fsp3) is 0.444. The molecule has 0 atom stereocenters. The molecule has 1 heterocycles. The van der Waals surface area contributed by atoms with Gasteiger partial charge in [0.2, 0.25) is 0 Å². The molecule has 1 aromatic heterocycles. The highest BCUT2D eigenvalue weighted by molar-refractivity contribution is 5.90. The summed E-state index contributed by atoms with van der Waals surface area (Å²) in [6.07, 6.45) is 2.87. The van der Waals surface area contributed by atoms with Crippen molar-refractivity contribution in [1.29, 1.82) is 0 Å². The van der Waals surface area contributed by atoms with E-state index < -0.39 is 5.91 Å². The Kier molecular flexibility index (Phi) is 3.99. The number of carbonyl (C=O) groups is 1. The van der Waals surface area contributed by atoms with Crippen LogP contribution in [-0.2, 0) is 4.74 Å². The number of carbonyl (C=O) groups excluding carboxylic acids is 1. The summed E-state index contributed by atoms with van der Waals surface area (Å²) in [4.78, 5) is 20.6. The van der Waals surface area contributed by atoms with E-state index in [9.17, 15) is 4.79 Å². The molecule has 0 aliphatic carbocycles. The van der Waals surface area contributed by atoms with Gasteiger partial charge in [-0.25, -0.2) is 9.97 Å². The highest BCUT2D eigenvalue weighted by Gasteiger charge is 2.05. The van der Waals surface area contributed by atoms with Crippen molar-refractivity contribution in [3.8, 4) is 0 Å². The van der Waals surface area contributed by atoms with Gasteiger partial charge >= 0.3 is 0 Å². The predicted octanol–water partition coefficient (Wildman–Crippen LogP) is -0.342. The van der Waals surface area contributed by atoms with Crippen LogP contribution >= 0.6 is 0 Å². The summed E-state index contributed by atoms with van der Waals surface area (Å²) in [6.45, 7) is 1.32. The molecule has 1 rings (SSSR count). The lowest BCUT2D eigenvalue weighted by Crippen LogP contribution is -2.23. The highest BCUT2D eigenvalue weighted by Crippen LogP contribution is 2.05. The second-order valence-corrected chi connectivity index (χ2v) is 3.04. The standard InChI is InChI=1S/C9H14N4O2/c1-13(3-4-15-2)8-6-11-7(5-12-8)9(10)14/h5-6H,3-4H2,1-2H3,(H2,10,14). The van der Waals surface area contributed by atoms with Gasteiger partial charge in [-0.2, -0.15) is 0 Å². The fourth-order valence-electron chi connectivity index (χ4n) is 0.988. The minimum atomic E-state index is -0.575. The number of ether oxygens (including phenoxy) is 1. The molecule has 0 fully saturated rings. The Morgan fingerprint density at radius 1 is 1.53 bits per heavy atom. The largest absolute Gasteiger partial charge is 0.383 e. The van der Waals surface area contributed by atoms with Crippen molar-refractivity contribution >= 4 is 11.7 Å². The Balaban J connectivity index is 2.66. The number of hydrogen-bond acceptors (Lipinski definition) is 5. The molecule has 0 unspecified atom stereocenters. The number of rotatable bonds is 5. The normalized spacial score (nSPS) is 10.0. The van der Waals surface area contributed by atoms with Crippen molar-refractivity contribution in [3.63, 3.8) is 0 Å². The van der Waals surface area contributed by atoms with Gasteiger partial charge in [0.15, 0.2) is 0 Å². The summed E-state index contributed by atoms with van der Waals surface area (Å²) >= 11 is 0. The zero-order chi connectivity index (χ0) is 11.3. The van der Waals surface area contributed by atoms with E-state index in [1.165, 1.54) is 12.4 Å². The zero-order valence-corrected chi connectivity index (χ0v) is 8.80. The van der Waals surface area contributed by atoms with Crippen LogP contribution in [-0.4, -0.2) is 43.2 Å². The van der Waals surface area contributed by atoms with Crippen LogP contribution in [0, 0.1) is 0 Å². The van der Waals surface area contributed by atoms with E-state index in [4.69, 9.17) is 10.5 Å². The molecule has 0 spiro atoms. The second-order valence-electron chi connectivity index (χ2n) is 3.04. The first-order chi connectivity index (χ1) is 7.15. The van der Waals surface area contributed by atoms with Crippen LogP contribution in [0.1, 0.15) is 10.5 Å². The molecule has 6 heteroatoms. The third kappa shape index (κ3) is 3.17. The number of aromatic nitrogens is 2. The molecule has 1 aromatic rings. The molecule has 0 saturated heterocycles. The van der Waals surface area contributed by atoms with E-state index in [-0.39, 0.29) is 5.69 Å². The Morgan fingerprint density at radius 2 is 2.27 bits per heavy atom. The van der Waals surface area contributed by atoms with Crippen LogP contribution in [0.4, 0.5) is 5.82 Å². The minimum Gasteiger partial charge on any atom is -0.383 e. The van der Waals surface area contributed by atoms with Crippen LogP contribution in [0.25, 0.3) is 0 Å².